The molecule has 1 aliphatic heterocycles. The number of ether oxygens (including phenoxy) is 2. The zero-order valence-corrected chi connectivity index (χ0v) is 13.8. The van der Waals surface area contributed by atoms with Gasteiger partial charge in [0.15, 0.2) is 0 Å². The first-order chi connectivity index (χ1) is 9.99. The summed E-state index contributed by atoms with van der Waals surface area (Å²) in [5.74, 6) is 0.946. The van der Waals surface area contributed by atoms with Crippen LogP contribution in [0.1, 0.15) is 46.1 Å². The Bertz CT molecular complexity index is 439. The second kappa shape index (κ2) is 7.28. The van der Waals surface area contributed by atoms with Crippen molar-refractivity contribution in [1.82, 2.24) is 5.32 Å². The van der Waals surface area contributed by atoms with Crippen LogP contribution in [0.5, 0.6) is 5.75 Å². The monoisotopic (exact) mass is 291 g/mol. The Balaban J connectivity index is 1.81. The first-order valence-corrected chi connectivity index (χ1v) is 8.08. The van der Waals surface area contributed by atoms with Crippen LogP contribution in [0.4, 0.5) is 0 Å². The van der Waals surface area contributed by atoms with Crippen LogP contribution in [-0.2, 0) is 10.2 Å². The number of nitrogens with one attached hydrogen (secondary N) is 1. The molecule has 0 spiro atoms. The Morgan fingerprint density at radius 3 is 2.71 bits per heavy atom. The lowest BCUT2D eigenvalue weighted by Gasteiger charge is -2.20. The largest absolute Gasteiger partial charge is 0.491 e. The molecule has 2 atom stereocenters. The predicted molar refractivity (Wildman–Crippen MR) is 87.1 cm³/mol. The quantitative estimate of drug-likeness (QED) is 0.870. The number of benzene rings is 1. The van der Waals surface area contributed by atoms with Crippen molar-refractivity contribution in [2.75, 3.05) is 19.7 Å². The van der Waals surface area contributed by atoms with Gasteiger partial charge in [-0.3, -0.25) is 0 Å². The summed E-state index contributed by atoms with van der Waals surface area (Å²) in [6, 6.07) is 8.40. The van der Waals surface area contributed by atoms with Gasteiger partial charge in [-0.25, -0.2) is 0 Å². The molecule has 0 aromatic heterocycles. The van der Waals surface area contributed by atoms with Crippen LogP contribution in [0.25, 0.3) is 0 Å². The molecule has 0 radical (unpaired) electrons. The van der Waals surface area contributed by atoms with Crippen LogP contribution in [0.3, 0.4) is 0 Å². The van der Waals surface area contributed by atoms with Crippen LogP contribution in [0, 0.1) is 0 Å². The molecule has 3 heteroatoms. The molecule has 0 bridgehead atoms. The van der Waals surface area contributed by atoms with E-state index >= 15 is 0 Å². The highest BCUT2D eigenvalue weighted by molar-refractivity contribution is 5.32. The van der Waals surface area contributed by atoms with E-state index in [1.165, 1.54) is 5.56 Å². The van der Waals surface area contributed by atoms with Gasteiger partial charge in [0.25, 0.3) is 0 Å². The van der Waals surface area contributed by atoms with Crippen molar-refractivity contribution in [3.05, 3.63) is 29.8 Å². The Morgan fingerprint density at radius 2 is 2.00 bits per heavy atom. The maximum atomic E-state index is 6.00. The highest BCUT2D eigenvalue weighted by Gasteiger charge is 2.25. The van der Waals surface area contributed by atoms with Crippen molar-refractivity contribution < 1.29 is 9.47 Å². The van der Waals surface area contributed by atoms with Crippen molar-refractivity contribution in [2.45, 2.75) is 58.2 Å². The topological polar surface area (TPSA) is 30.5 Å². The maximum Gasteiger partial charge on any atom is 0.119 e. The standard InChI is InChI=1S/C18H29NO2/c1-5-19-12-16-9-10-17(21-16)13-20-15-8-6-7-14(11-15)18(2,3)4/h6-8,11,16-17,19H,5,9-10,12-13H2,1-4H3. The third-order valence-electron chi connectivity index (χ3n) is 3.95. The lowest BCUT2D eigenvalue weighted by atomic mass is 9.87. The molecular weight excluding hydrogens is 262 g/mol. The molecule has 1 heterocycles. The summed E-state index contributed by atoms with van der Waals surface area (Å²) in [5, 5.41) is 3.34. The van der Waals surface area contributed by atoms with Gasteiger partial charge >= 0.3 is 0 Å². The molecule has 2 rings (SSSR count). The minimum Gasteiger partial charge on any atom is -0.491 e. The predicted octanol–water partition coefficient (Wildman–Crippen LogP) is 3.52. The fraction of sp³-hybridized carbons (Fsp3) is 0.667. The summed E-state index contributed by atoms with van der Waals surface area (Å²) in [5.41, 5.74) is 1.46. The summed E-state index contributed by atoms with van der Waals surface area (Å²) in [7, 11) is 0. The molecule has 1 N–H and O–H groups in total. The van der Waals surface area contributed by atoms with E-state index in [2.05, 4.69) is 51.2 Å². The van der Waals surface area contributed by atoms with Crippen LogP contribution >= 0.6 is 0 Å². The number of rotatable bonds is 6. The van der Waals surface area contributed by atoms with E-state index in [0.29, 0.717) is 12.7 Å². The molecule has 21 heavy (non-hydrogen) atoms. The molecule has 0 aliphatic carbocycles. The van der Waals surface area contributed by atoms with Crippen molar-refractivity contribution in [3.8, 4) is 5.75 Å². The normalized spacial score (nSPS) is 22.5. The van der Waals surface area contributed by atoms with Crippen LogP contribution in [0.15, 0.2) is 24.3 Å². The minimum absolute atomic E-state index is 0.153. The summed E-state index contributed by atoms with van der Waals surface area (Å²) in [6.45, 7) is 11.4. The maximum absolute atomic E-state index is 6.00. The molecule has 0 saturated carbocycles. The Morgan fingerprint density at radius 1 is 1.24 bits per heavy atom. The van der Waals surface area contributed by atoms with Gasteiger partial charge in [0.2, 0.25) is 0 Å². The summed E-state index contributed by atoms with van der Waals surface area (Å²) < 4.78 is 11.9. The smallest absolute Gasteiger partial charge is 0.119 e. The van der Waals surface area contributed by atoms with E-state index in [1.54, 1.807) is 0 Å². The molecular formula is C18H29NO2. The summed E-state index contributed by atoms with van der Waals surface area (Å²) in [4.78, 5) is 0. The highest BCUT2D eigenvalue weighted by Crippen LogP contribution is 2.26. The fourth-order valence-electron chi connectivity index (χ4n) is 2.60. The van der Waals surface area contributed by atoms with Crippen LogP contribution in [-0.4, -0.2) is 31.9 Å². The molecule has 1 aromatic carbocycles. The molecule has 1 fully saturated rings. The van der Waals surface area contributed by atoms with E-state index in [-0.39, 0.29) is 11.5 Å². The van der Waals surface area contributed by atoms with E-state index < -0.39 is 0 Å². The molecule has 1 aliphatic rings. The van der Waals surface area contributed by atoms with Gasteiger partial charge in [-0.2, -0.15) is 0 Å². The van der Waals surface area contributed by atoms with Gasteiger partial charge in [0, 0.05) is 6.54 Å². The average Bonchev–Trinajstić information content (AvgIpc) is 2.90. The minimum atomic E-state index is 0.153. The van der Waals surface area contributed by atoms with Gasteiger partial charge in [-0.15, -0.1) is 0 Å². The van der Waals surface area contributed by atoms with Crippen LogP contribution < -0.4 is 10.1 Å². The van der Waals surface area contributed by atoms with E-state index in [4.69, 9.17) is 9.47 Å². The Hall–Kier alpha value is -1.06. The van der Waals surface area contributed by atoms with Crippen LogP contribution in [0.2, 0.25) is 0 Å². The Labute approximate surface area is 129 Å². The number of hydrogen-bond acceptors (Lipinski definition) is 3. The van der Waals surface area contributed by atoms with Crippen molar-refractivity contribution in [2.24, 2.45) is 0 Å². The highest BCUT2D eigenvalue weighted by atomic mass is 16.5. The Kier molecular flexibility index (Phi) is 5.65. The second-order valence-corrected chi connectivity index (χ2v) is 6.85. The van der Waals surface area contributed by atoms with Crippen molar-refractivity contribution in [3.63, 3.8) is 0 Å². The third kappa shape index (κ3) is 5.01. The van der Waals surface area contributed by atoms with Gasteiger partial charge < -0.3 is 14.8 Å². The summed E-state index contributed by atoms with van der Waals surface area (Å²) >= 11 is 0. The zero-order chi connectivity index (χ0) is 15.3. The van der Waals surface area contributed by atoms with E-state index in [9.17, 15) is 0 Å². The zero-order valence-electron chi connectivity index (χ0n) is 13.8. The lowest BCUT2D eigenvalue weighted by Crippen LogP contribution is -2.28. The first-order valence-electron chi connectivity index (χ1n) is 8.08. The molecule has 1 saturated heterocycles. The van der Waals surface area contributed by atoms with Gasteiger partial charge in [-0.05, 0) is 42.5 Å². The third-order valence-corrected chi connectivity index (χ3v) is 3.95. The fourth-order valence-corrected chi connectivity index (χ4v) is 2.60. The first kappa shape index (κ1) is 16.3. The molecule has 0 amide bonds. The SMILES string of the molecule is CCNCC1CCC(COc2cccc(C(C)(C)C)c2)O1. The molecule has 2 unspecified atom stereocenters. The molecule has 118 valence electrons. The van der Waals surface area contributed by atoms with Crippen molar-refractivity contribution >= 4 is 0 Å². The average molecular weight is 291 g/mol. The summed E-state index contributed by atoms with van der Waals surface area (Å²) in [6.07, 6.45) is 2.80. The van der Waals surface area contributed by atoms with Gasteiger partial charge in [0.1, 0.15) is 12.4 Å². The number of hydrogen-bond donors (Lipinski definition) is 1. The van der Waals surface area contributed by atoms with Gasteiger partial charge in [0.05, 0.1) is 12.2 Å². The van der Waals surface area contributed by atoms with E-state index in [0.717, 1.165) is 31.7 Å². The van der Waals surface area contributed by atoms with Gasteiger partial charge in [-0.1, -0.05) is 39.8 Å². The van der Waals surface area contributed by atoms with Crippen molar-refractivity contribution in [1.29, 1.82) is 0 Å². The lowest BCUT2D eigenvalue weighted by molar-refractivity contribution is 0.0188. The number of likely N-dealkylation sites (N-methyl/N-ethyl adjacent to an activating group) is 1. The molecule has 3 nitrogen and oxygen atoms in total. The second-order valence-electron chi connectivity index (χ2n) is 6.85. The van der Waals surface area contributed by atoms with E-state index in [1.807, 2.05) is 6.07 Å². The molecule has 1 aromatic rings.